The van der Waals surface area contributed by atoms with Crippen LogP contribution in [0.5, 0.6) is 5.75 Å². The van der Waals surface area contributed by atoms with Crippen LogP contribution in [0.2, 0.25) is 0 Å². The van der Waals surface area contributed by atoms with E-state index in [1.54, 1.807) is 13.8 Å². The fraction of sp³-hybridized carbons (Fsp3) is 0.588. The minimum atomic E-state index is -4.57. The van der Waals surface area contributed by atoms with Crippen molar-refractivity contribution >= 4 is 15.9 Å². The van der Waals surface area contributed by atoms with Gasteiger partial charge in [-0.2, -0.15) is 17.5 Å². The Balaban J connectivity index is 3.45. The minimum Gasteiger partial charge on any atom is -0.495 e. The number of amides is 1. The first-order chi connectivity index (χ1) is 12.4. The number of sulfonamides is 1. The number of hydrogen-bond acceptors (Lipinski definition) is 4. The van der Waals surface area contributed by atoms with E-state index in [9.17, 15) is 26.4 Å². The van der Waals surface area contributed by atoms with Gasteiger partial charge in [0.15, 0.2) is 0 Å². The Morgan fingerprint density at radius 3 is 2.15 bits per heavy atom. The number of ether oxygens (including phenoxy) is 1. The molecule has 0 aliphatic rings. The van der Waals surface area contributed by atoms with Gasteiger partial charge >= 0.3 is 6.18 Å². The molecule has 27 heavy (non-hydrogen) atoms. The van der Waals surface area contributed by atoms with Crippen molar-refractivity contribution in [3.05, 3.63) is 23.8 Å². The average Bonchev–Trinajstić information content (AvgIpc) is 2.58. The highest BCUT2D eigenvalue weighted by Gasteiger charge is 2.35. The Bertz CT molecular complexity index is 760. The first kappa shape index (κ1) is 23.2. The standard InChI is InChI=1S/C17H25F3N2O4S/c1-6-21(7-2)27(24,25)15-10-13(8-9-14(15)26-5)16(23)22(12(3)4)11-17(18,19)20/h8-10,12H,6-7,11H2,1-5H3. The molecule has 0 unspecified atom stereocenters. The second kappa shape index (κ2) is 8.92. The third kappa shape index (κ3) is 5.58. The quantitative estimate of drug-likeness (QED) is 0.660. The van der Waals surface area contributed by atoms with Crippen LogP contribution in [0.4, 0.5) is 13.2 Å². The summed E-state index contributed by atoms with van der Waals surface area (Å²) in [6.45, 7) is 5.21. The molecule has 0 saturated heterocycles. The highest BCUT2D eigenvalue weighted by atomic mass is 32.2. The maximum atomic E-state index is 12.8. The summed E-state index contributed by atoms with van der Waals surface area (Å²) < 4.78 is 70.3. The maximum absolute atomic E-state index is 12.8. The fourth-order valence-corrected chi connectivity index (χ4v) is 4.20. The molecule has 0 saturated carbocycles. The van der Waals surface area contributed by atoms with Crippen LogP contribution in [0.1, 0.15) is 38.1 Å². The van der Waals surface area contributed by atoms with Crippen molar-refractivity contribution in [1.29, 1.82) is 0 Å². The molecule has 0 aromatic heterocycles. The van der Waals surface area contributed by atoms with Crippen LogP contribution in [0, 0.1) is 0 Å². The van der Waals surface area contributed by atoms with Crippen LogP contribution in [0.25, 0.3) is 0 Å². The summed E-state index contributed by atoms with van der Waals surface area (Å²) in [4.78, 5) is 13.0. The lowest BCUT2D eigenvalue weighted by Crippen LogP contribution is -2.43. The number of rotatable bonds is 8. The molecule has 0 radical (unpaired) electrons. The molecule has 154 valence electrons. The summed E-state index contributed by atoms with van der Waals surface area (Å²) in [5, 5.41) is 0. The predicted octanol–water partition coefficient (Wildman–Crippen LogP) is 3.14. The minimum absolute atomic E-state index is 0.0189. The van der Waals surface area contributed by atoms with Gasteiger partial charge in [-0.15, -0.1) is 0 Å². The third-order valence-corrected chi connectivity index (χ3v) is 6.04. The van der Waals surface area contributed by atoms with Crippen LogP contribution in [-0.2, 0) is 10.0 Å². The maximum Gasteiger partial charge on any atom is 0.406 e. The van der Waals surface area contributed by atoms with Crippen LogP contribution >= 0.6 is 0 Å². The van der Waals surface area contributed by atoms with E-state index in [1.165, 1.54) is 37.4 Å². The molecule has 1 aromatic carbocycles. The average molecular weight is 410 g/mol. The van der Waals surface area contributed by atoms with Gasteiger partial charge in [0, 0.05) is 24.7 Å². The Hall–Kier alpha value is -1.81. The molecule has 1 rings (SSSR count). The highest BCUT2D eigenvalue weighted by molar-refractivity contribution is 7.89. The Morgan fingerprint density at radius 2 is 1.74 bits per heavy atom. The normalized spacial score (nSPS) is 12.5. The van der Waals surface area contributed by atoms with E-state index in [2.05, 4.69) is 0 Å². The summed E-state index contributed by atoms with van der Waals surface area (Å²) in [7, 11) is -2.69. The number of benzene rings is 1. The number of carbonyl (C=O) groups is 1. The van der Waals surface area contributed by atoms with E-state index in [0.717, 1.165) is 6.07 Å². The lowest BCUT2D eigenvalue weighted by Gasteiger charge is -2.28. The van der Waals surface area contributed by atoms with Crippen molar-refractivity contribution in [2.24, 2.45) is 0 Å². The molecule has 10 heteroatoms. The molecular weight excluding hydrogens is 385 g/mol. The summed E-state index contributed by atoms with van der Waals surface area (Å²) in [5.74, 6) is -0.883. The molecule has 1 amide bonds. The number of hydrogen-bond donors (Lipinski definition) is 0. The second-order valence-corrected chi connectivity index (χ2v) is 8.00. The smallest absolute Gasteiger partial charge is 0.406 e. The van der Waals surface area contributed by atoms with Gasteiger partial charge in [-0.05, 0) is 32.0 Å². The molecular formula is C17H25F3N2O4S. The SMILES string of the molecule is CCN(CC)S(=O)(=O)c1cc(C(=O)N(CC(F)(F)F)C(C)C)ccc1OC. The molecule has 1 aromatic rings. The number of methoxy groups -OCH3 is 1. The van der Waals surface area contributed by atoms with E-state index >= 15 is 0 Å². The van der Waals surface area contributed by atoms with Crippen LogP contribution in [-0.4, -0.2) is 62.5 Å². The predicted molar refractivity (Wildman–Crippen MR) is 95.3 cm³/mol. The number of carbonyl (C=O) groups excluding carboxylic acids is 1. The van der Waals surface area contributed by atoms with Crippen LogP contribution in [0.15, 0.2) is 23.1 Å². The van der Waals surface area contributed by atoms with Gasteiger partial charge in [0.25, 0.3) is 5.91 Å². The van der Waals surface area contributed by atoms with Gasteiger partial charge in [-0.1, -0.05) is 13.8 Å². The largest absolute Gasteiger partial charge is 0.495 e. The molecule has 0 atom stereocenters. The lowest BCUT2D eigenvalue weighted by atomic mass is 10.1. The molecule has 0 aliphatic carbocycles. The summed E-state index contributed by atoms with van der Waals surface area (Å²) >= 11 is 0. The van der Waals surface area contributed by atoms with Crippen molar-refractivity contribution in [3.63, 3.8) is 0 Å². The third-order valence-electron chi connectivity index (χ3n) is 3.97. The Kier molecular flexibility index (Phi) is 7.67. The summed E-state index contributed by atoms with van der Waals surface area (Å²) in [5.41, 5.74) is -0.153. The molecule has 0 fully saturated rings. The highest BCUT2D eigenvalue weighted by Crippen LogP contribution is 2.29. The zero-order valence-corrected chi connectivity index (χ0v) is 16.8. The first-order valence-electron chi connectivity index (χ1n) is 8.44. The van der Waals surface area contributed by atoms with E-state index < -0.39 is 34.7 Å². The van der Waals surface area contributed by atoms with Gasteiger partial charge in [-0.3, -0.25) is 4.79 Å². The number of alkyl halides is 3. The van der Waals surface area contributed by atoms with E-state index in [-0.39, 0.29) is 29.3 Å². The van der Waals surface area contributed by atoms with Crippen LogP contribution < -0.4 is 4.74 Å². The Morgan fingerprint density at radius 1 is 1.19 bits per heavy atom. The van der Waals surface area contributed by atoms with Crippen LogP contribution in [0.3, 0.4) is 0 Å². The zero-order valence-electron chi connectivity index (χ0n) is 16.0. The summed E-state index contributed by atoms with van der Waals surface area (Å²) in [6, 6.07) is 2.88. The van der Waals surface area contributed by atoms with E-state index in [0.29, 0.717) is 4.90 Å². The molecule has 0 N–H and O–H groups in total. The fourth-order valence-electron chi connectivity index (χ4n) is 2.56. The molecule has 0 heterocycles. The molecule has 0 spiro atoms. The zero-order chi connectivity index (χ0) is 21.0. The van der Waals surface area contributed by atoms with Gasteiger partial charge in [0.05, 0.1) is 7.11 Å². The Labute approximate surface area is 157 Å². The summed E-state index contributed by atoms with van der Waals surface area (Å²) in [6.07, 6.45) is -4.57. The lowest BCUT2D eigenvalue weighted by molar-refractivity contribution is -0.143. The van der Waals surface area contributed by atoms with Crippen molar-refractivity contribution in [2.45, 2.75) is 44.8 Å². The van der Waals surface area contributed by atoms with Gasteiger partial charge < -0.3 is 9.64 Å². The van der Waals surface area contributed by atoms with Gasteiger partial charge in [0.1, 0.15) is 17.2 Å². The monoisotopic (exact) mass is 410 g/mol. The number of halogens is 3. The van der Waals surface area contributed by atoms with Gasteiger partial charge in [-0.25, -0.2) is 8.42 Å². The van der Waals surface area contributed by atoms with Crippen molar-refractivity contribution in [3.8, 4) is 5.75 Å². The molecule has 0 aliphatic heterocycles. The van der Waals surface area contributed by atoms with Crippen molar-refractivity contribution in [1.82, 2.24) is 9.21 Å². The van der Waals surface area contributed by atoms with E-state index in [4.69, 9.17) is 4.74 Å². The van der Waals surface area contributed by atoms with E-state index in [1.807, 2.05) is 0 Å². The first-order valence-corrected chi connectivity index (χ1v) is 9.88. The van der Waals surface area contributed by atoms with Gasteiger partial charge in [0.2, 0.25) is 10.0 Å². The van der Waals surface area contributed by atoms with Crippen molar-refractivity contribution in [2.75, 3.05) is 26.7 Å². The number of nitrogens with zero attached hydrogens (tertiary/aromatic N) is 2. The second-order valence-electron chi connectivity index (χ2n) is 6.10. The molecule has 0 bridgehead atoms. The molecule has 6 nitrogen and oxygen atoms in total. The van der Waals surface area contributed by atoms with Crippen molar-refractivity contribution < 1.29 is 31.1 Å². The topological polar surface area (TPSA) is 66.9 Å².